The van der Waals surface area contributed by atoms with Crippen LogP contribution in [0.25, 0.3) is 0 Å². The van der Waals surface area contributed by atoms with E-state index in [0.29, 0.717) is 5.38 Å². The van der Waals surface area contributed by atoms with Crippen LogP contribution in [0.2, 0.25) is 0 Å². The number of hydrogen-bond acceptors (Lipinski definition) is 0. The highest BCUT2D eigenvalue weighted by atomic mass is 35.5. The molecule has 2 saturated carbocycles. The van der Waals surface area contributed by atoms with Crippen molar-refractivity contribution in [1.82, 2.24) is 0 Å². The lowest BCUT2D eigenvalue weighted by Gasteiger charge is -2.08. The highest BCUT2D eigenvalue weighted by molar-refractivity contribution is 6.20. The van der Waals surface area contributed by atoms with Crippen molar-refractivity contribution < 1.29 is 0 Å². The molecule has 0 spiro atoms. The predicted octanol–water partition coefficient (Wildman–Crippen LogP) is 4.20. The van der Waals surface area contributed by atoms with Crippen molar-refractivity contribution in [1.29, 1.82) is 0 Å². The van der Waals surface area contributed by atoms with Crippen LogP contribution >= 0.6 is 11.6 Å². The summed E-state index contributed by atoms with van der Waals surface area (Å²) >= 11 is 6.17. The van der Waals surface area contributed by atoms with Crippen LogP contribution in [0.3, 0.4) is 0 Å². The van der Waals surface area contributed by atoms with E-state index in [9.17, 15) is 0 Å². The highest BCUT2D eigenvalue weighted by Gasteiger charge is 2.45. The fourth-order valence-corrected chi connectivity index (χ4v) is 3.52. The summed E-state index contributed by atoms with van der Waals surface area (Å²) in [4.78, 5) is 0. The van der Waals surface area contributed by atoms with Crippen molar-refractivity contribution in [2.24, 2.45) is 11.8 Å². The highest BCUT2D eigenvalue weighted by Crippen LogP contribution is 2.56. The molecule has 0 aromatic heterocycles. The van der Waals surface area contributed by atoms with Crippen molar-refractivity contribution >= 4 is 11.6 Å². The number of benzene rings is 1. The molecule has 4 unspecified atom stereocenters. The van der Waals surface area contributed by atoms with E-state index in [1.807, 2.05) is 0 Å². The van der Waals surface area contributed by atoms with E-state index in [-0.39, 0.29) is 0 Å². The molecule has 2 aliphatic carbocycles. The smallest absolute Gasteiger partial charge is 0.0338 e. The van der Waals surface area contributed by atoms with Crippen LogP contribution in [0.15, 0.2) is 30.3 Å². The SMILES string of the molecule is ClC1CCC(C2CC2c2ccccc2)C1. The van der Waals surface area contributed by atoms with Crippen molar-refractivity contribution in [2.45, 2.75) is 37.0 Å². The van der Waals surface area contributed by atoms with Gasteiger partial charge in [-0.2, -0.15) is 0 Å². The first-order valence-electron chi connectivity index (χ1n) is 6.03. The minimum atomic E-state index is 0.465. The van der Waals surface area contributed by atoms with Crippen LogP contribution in [0.5, 0.6) is 0 Å². The van der Waals surface area contributed by atoms with Crippen molar-refractivity contribution in [3.8, 4) is 0 Å². The molecule has 1 aromatic carbocycles. The Hall–Kier alpha value is -0.490. The third-order valence-corrected chi connectivity index (χ3v) is 4.48. The third kappa shape index (κ3) is 1.92. The zero-order valence-corrected chi connectivity index (χ0v) is 9.66. The van der Waals surface area contributed by atoms with E-state index in [1.165, 1.54) is 25.7 Å². The van der Waals surface area contributed by atoms with Crippen molar-refractivity contribution in [2.75, 3.05) is 0 Å². The van der Waals surface area contributed by atoms with Gasteiger partial charge >= 0.3 is 0 Å². The molecule has 2 fully saturated rings. The molecule has 0 bridgehead atoms. The molecular formula is C14H17Cl. The van der Waals surface area contributed by atoms with E-state index in [2.05, 4.69) is 30.3 Å². The Kier molecular flexibility index (Phi) is 2.48. The fraction of sp³-hybridized carbons (Fsp3) is 0.571. The van der Waals surface area contributed by atoms with Gasteiger partial charge in [-0.25, -0.2) is 0 Å². The molecule has 0 radical (unpaired) electrons. The van der Waals surface area contributed by atoms with Crippen LogP contribution in [0.4, 0.5) is 0 Å². The monoisotopic (exact) mass is 220 g/mol. The van der Waals surface area contributed by atoms with E-state index in [1.54, 1.807) is 5.56 Å². The molecule has 80 valence electrons. The summed E-state index contributed by atoms with van der Waals surface area (Å²) in [6.07, 6.45) is 5.26. The molecule has 0 saturated heterocycles. The number of hydrogen-bond donors (Lipinski definition) is 0. The first kappa shape index (κ1) is 9.72. The summed E-state index contributed by atoms with van der Waals surface area (Å²) in [5, 5.41) is 0.465. The Morgan fingerprint density at radius 3 is 2.47 bits per heavy atom. The number of halogens is 1. The third-order valence-electron chi connectivity index (χ3n) is 4.08. The molecule has 0 aliphatic heterocycles. The Morgan fingerprint density at radius 2 is 1.80 bits per heavy atom. The van der Waals surface area contributed by atoms with Gasteiger partial charge in [0.25, 0.3) is 0 Å². The second kappa shape index (κ2) is 3.83. The van der Waals surface area contributed by atoms with Crippen molar-refractivity contribution in [3.05, 3.63) is 35.9 Å². The molecule has 1 heteroatoms. The summed E-state index contributed by atoms with van der Waals surface area (Å²) in [5.74, 6) is 2.70. The zero-order valence-electron chi connectivity index (χ0n) is 8.90. The average molecular weight is 221 g/mol. The summed E-state index contributed by atoms with van der Waals surface area (Å²) in [7, 11) is 0. The van der Waals surface area contributed by atoms with Gasteiger partial charge in [-0.15, -0.1) is 11.6 Å². The molecule has 3 rings (SSSR count). The van der Waals surface area contributed by atoms with Gasteiger partial charge in [-0.05, 0) is 49.0 Å². The first-order valence-corrected chi connectivity index (χ1v) is 6.47. The minimum absolute atomic E-state index is 0.465. The van der Waals surface area contributed by atoms with Gasteiger partial charge in [0.15, 0.2) is 0 Å². The lowest BCUT2D eigenvalue weighted by Crippen LogP contribution is -1.99. The number of alkyl halides is 1. The maximum atomic E-state index is 6.17. The minimum Gasteiger partial charge on any atom is -0.123 e. The summed E-state index contributed by atoms with van der Waals surface area (Å²) in [6.45, 7) is 0. The molecule has 4 atom stereocenters. The molecule has 2 aliphatic rings. The lowest BCUT2D eigenvalue weighted by atomic mass is 9.98. The van der Waals surface area contributed by atoms with Crippen LogP contribution in [-0.4, -0.2) is 5.38 Å². The van der Waals surface area contributed by atoms with Gasteiger partial charge in [-0.1, -0.05) is 30.3 Å². The molecular weight excluding hydrogens is 204 g/mol. The molecule has 0 nitrogen and oxygen atoms in total. The van der Waals surface area contributed by atoms with Crippen LogP contribution < -0.4 is 0 Å². The number of rotatable bonds is 2. The second-order valence-electron chi connectivity index (χ2n) is 5.09. The molecule has 0 N–H and O–H groups in total. The van der Waals surface area contributed by atoms with Gasteiger partial charge in [0.1, 0.15) is 0 Å². The largest absolute Gasteiger partial charge is 0.123 e. The average Bonchev–Trinajstić information content (AvgIpc) is 2.96. The fourth-order valence-electron chi connectivity index (χ4n) is 3.17. The molecule has 0 amide bonds. The molecule has 1 aromatic rings. The van der Waals surface area contributed by atoms with E-state index < -0.39 is 0 Å². The summed E-state index contributed by atoms with van der Waals surface area (Å²) < 4.78 is 0. The van der Waals surface area contributed by atoms with Gasteiger partial charge < -0.3 is 0 Å². The maximum absolute atomic E-state index is 6.17. The van der Waals surface area contributed by atoms with Gasteiger partial charge in [-0.3, -0.25) is 0 Å². The Labute approximate surface area is 96.6 Å². The summed E-state index contributed by atoms with van der Waals surface area (Å²) in [6, 6.07) is 11.0. The van der Waals surface area contributed by atoms with E-state index >= 15 is 0 Å². The van der Waals surface area contributed by atoms with Gasteiger partial charge in [0, 0.05) is 5.38 Å². The van der Waals surface area contributed by atoms with Crippen LogP contribution in [0.1, 0.15) is 37.2 Å². The van der Waals surface area contributed by atoms with Gasteiger partial charge in [0.05, 0.1) is 0 Å². The van der Waals surface area contributed by atoms with E-state index in [4.69, 9.17) is 11.6 Å². The normalized spacial score (nSPS) is 39.3. The second-order valence-corrected chi connectivity index (χ2v) is 5.70. The zero-order chi connectivity index (χ0) is 10.3. The topological polar surface area (TPSA) is 0 Å². The first-order chi connectivity index (χ1) is 7.34. The Balaban J connectivity index is 1.65. The van der Waals surface area contributed by atoms with Crippen LogP contribution in [0, 0.1) is 11.8 Å². The van der Waals surface area contributed by atoms with E-state index in [0.717, 1.165) is 17.8 Å². The lowest BCUT2D eigenvalue weighted by molar-refractivity contribution is 0.470. The summed E-state index contributed by atoms with van der Waals surface area (Å²) in [5.41, 5.74) is 1.54. The van der Waals surface area contributed by atoms with Gasteiger partial charge in [0.2, 0.25) is 0 Å². The maximum Gasteiger partial charge on any atom is 0.0338 e. The standard InChI is InChI=1S/C14H17Cl/c15-12-7-6-11(8-12)14-9-13(14)10-4-2-1-3-5-10/h1-5,11-14H,6-9H2. The predicted molar refractivity (Wildman–Crippen MR) is 64.3 cm³/mol. The van der Waals surface area contributed by atoms with Crippen LogP contribution in [-0.2, 0) is 0 Å². The molecule has 0 heterocycles. The quantitative estimate of drug-likeness (QED) is 0.656. The Bertz CT molecular complexity index is 332. The molecule has 15 heavy (non-hydrogen) atoms. The van der Waals surface area contributed by atoms with Crippen molar-refractivity contribution in [3.63, 3.8) is 0 Å². The Morgan fingerprint density at radius 1 is 1.00 bits per heavy atom.